The van der Waals surface area contributed by atoms with E-state index in [1.807, 2.05) is 32.0 Å². The van der Waals surface area contributed by atoms with Crippen LogP contribution in [0.5, 0.6) is 0 Å². The zero-order valence-electron chi connectivity index (χ0n) is 10.8. The minimum atomic E-state index is -0.256. The van der Waals surface area contributed by atoms with Crippen molar-refractivity contribution in [2.24, 2.45) is 0 Å². The first kappa shape index (κ1) is 12.5. The van der Waals surface area contributed by atoms with E-state index in [4.69, 9.17) is 0 Å². The van der Waals surface area contributed by atoms with Crippen LogP contribution in [0, 0.1) is 19.7 Å². The summed E-state index contributed by atoms with van der Waals surface area (Å²) in [4.78, 5) is 11.5. The molecule has 0 unspecified atom stereocenters. The Morgan fingerprint density at radius 1 is 1.06 bits per heavy atom. The van der Waals surface area contributed by atoms with E-state index in [0.29, 0.717) is 11.1 Å². The van der Waals surface area contributed by atoms with E-state index in [1.54, 1.807) is 12.1 Å². The summed E-state index contributed by atoms with van der Waals surface area (Å²) in [5, 5.41) is 0. The van der Waals surface area contributed by atoms with Crippen LogP contribution in [0.1, 0.15) is 28.4 Å². The maximum Gasteiger partial charge on any atom is 0.160 e. The van der Waals surface area contributed by atoms with E-state index in [1.165, 1.54) is 13.0 Å². The lowest BCUT2D eigenvalue weighted by atomic mass is 9.97. The normalized spacial score (nSPS) is 10.4. The van der Waals surface area contributed by atoms with Crippen LogP contribution in [0.4, 0.5) is 4.39 Å². The van der Waals surface area contributed by atoms with Gasteiger partial charge in [-0.3, -0.25) is 4.79 Å². The summed E-state index contributed by atoms with van der Waals surface area (Å²) in [5.74, 6) is -0.254. The highest BCUT2D eigenvalue weighted by Crippen LogP contribution is 2.26. The van der Waals surface area contributed by atoms with Gasteiger partial charge >= 0.3 is 0 Å². The lowest BCUT2D eigenvalue weighted by Gasteiger charge is -2.08. The number of aryl methyl sites for hydroxylation is 2. The minimum Gasteiger partial charge on any atom is -0.295 e. The largest absolute Gasteiger partial charge is 0.295 e. The molecule has 0 atom stereocenters. The molecule has 0 bridgehead atoms. The fraction of sp³-hybridized carbons (Fsp3) is 0.188. The number of rotatable bonds is 2. The van der Waals surface area contributed by atoms with Crippen molar-refractivity contribution < 1.29 is 9.18 Å². The quantitative estimate of drug-likeness (QED) is 0.717. The van der Waals surface area contributed by atoms with Gasteiger partial charge in [-0.2, -0.15) is 0 Å². The SMILES string of the molecule is CC(=O)c1cc(-c2ccc(C)cc2F)ccc1C. The number of hydrogen-bond acceptors (Lipinski definition) is 1. The highest BCUT2D eigenvalue weighted by molar-refractivity contribution is 5.96. The van der Waals surface area contributed by atoms with Crippen molar-refractivity contribution in [1.82, 2.24) is 0 Å². The lowest BCUT2D eigenvalue weighted by Crippen LogP contribution is -1.97. The second kappa shape index (κ2) is 4.73. The molecule has 2 aromatic rings. The van der Waals surface area contributed by atoms with Gasteiger partial charge in [-0.15, -0.1) is 0 Å². The molecule has 2 heteroatoms. The second-order valence-electron chi connectivity index (χ2n) is 4.57. The van der Waals surface area contributed by atoms with Crippen molar-refractivity contribution >= 4 is 5.78 Å². The smallest absolute Gasteiger partial charge is 0.160 e. The number of benzene rings is 2. The third kappa shape index (κ3) is 2.33. The van der Waals surface area contributed by atoms with Gasteiger partial charge in [0.15, 0.2) is 5.78 Å². The monoisotopic (exact) mass is 242 g/mol. The molecule has 2 aromatic carbocycles. The Morgan fingerprint density at radius 3 is 2.39 bits per heavy atom. The average Bonchev–Trinajstić information content (AvgIpc) is 2.30. The van der Waals surface area contributed by atoms with Crippen molar-refractivity contribution in [3.63, 3.8) is 0 Å². The van der Waals surface area contributed by atoms with E-state index in [2.05, 4.69) is 0 Å². The molecule has 0 heterocycles. The number of carbonyl (C=O) groups excluding carboxylic acids is 1. The molecule has 92 valence electrons. The molecule has 2 rings (SSSR count). The highest BCUT2D eigenvalue weighted by Gasteiger charge is 2.09. The number of halogens is 1. The number of carbonyl (C=O) groups is 1. The molecule has 18 heavy (non-hydrogen) atoms. The van der Waals surface area contributed by atoms with Crippen molar-refractivity contribution in [2.45, 2.75) is 20.8 Å². The Labute approximate surface area is 106 Å². The van der Waals surface area contributed by atoms with Crippen molar-refractivity contribution in [3.8, 4) is 11.1 Å². The molecule has 0 spiro atoms. The van der Waals surface area contributed by atoms with E-state index < -0.39 is 0 Å². The summed E-state index contributed by atoms with van der Waals surface area (Å²) < 4.78 is 13.9. The van der Waals surface area contributed by atoms with Crippen molar-refractivity contribution in [3.05, 3.63) is 58.9 Å². The summed E-state index contributed by atoms with van der Waals surface area (Å²) in [7, 11) is 0. The molecular weight excluding hydrogens is 227 g/mol. The molecule has 0 aliphatic carbocycles. The van der Waals surface area contributed by atoms with Gasteiger partial charge in [0.2, 0.25) is 0 Å². The molecule has 1 nitrogen and oxygen atoms in total. The van der Waals surface area contributed by atoms with Gasteiger partial charge in [-0.25, -0.2) is 4.39 Å². The Balaban J connectivity index is 2.58. The molecule has 0 fully saturated rings. The van der Waals surface area contributed by atoms with Gasteiger partial charge in [-0.05, 0) is 49.6 Å². The average molecular weight is 242 g/mol. The van der Waals surface area contributed by atoms with E-state index in [0.717, 1.165) is 16.7 Å². The van der Waals surface area contributed by atoms with Crippen molar-refractivity contribution in [1.29, 1.82) is 0 Å². The summed E-state index contributed by atoms with van der Waals surface area (Å²) in [6, 6.07) is 10.6. The lowest BCUT2D eigenvalue weighted by molar-refractivity contribution is 0.101. The fourth-order valence-electron chi connectivity index (χ4n) is 2.02. The first-order valence-electron chi connectivity index (χ1n) is 5.87. The van der Waals surface area contributed by atoms with Gasteiger partial charge in [0.25, 0.3) is 0 Å². The minimum absolute atomic E-state index is 0.00173. The molecule has 0 aromatic heterocycles. The van der Waals surface area contributed by atoms with Gasteiger partial charge in [0.05, 0.1) is 0 Å². The van der Waals surface area contributed by atoms with E-state index >= 15 is 0 Å². The molecule has 0 aliphatic heterocycles. The zero-order valence-corrected chi connectivity index (χ0v) is 10.8. The molecule has 0 saturated carbocycles. The van der Waals surface area contributed by atoms with Crippen LogP contribution in [0.2, 0.25) is 0 Å². The maximum absolute atomic E-state index is 13.9. The predicted octanol–water partition coefficient (Wildman–Crippen LogP) is 4.31. The Morgan fingerprint density at radius 2 is 1.78 bits per heavy atom. The van der Waals surface area contributed by atoms with Gasteiger partial charge < -0.3 is 0 Å². The number of ketones is 1. The Kier molecular flexibility index (Phi) is 3.28. The highest BCUT2D eigenvalue weighted by atomic mass is 19.1. The molecule has 0 saturated heterocycles. The van der Waals surface area contributed by atoms with Gasteiger partial charge in [0.1, 0.15) is 5.82 Å². The number of hydrogen-bond donors (Lipinski definition) is 0. The molecule has 0 radical (unpaired) electrons. The van der Waals surface area contributed by atoms with Crippen LogP contribution in [-0.2, 0) is 0 Å². The second-order valence-corrected chi connectivity index (χ2v) is 4.57. The predicted molar refractivity (Wildman–Crippen MR) is 71.3 cm³/mol. The van der Waals surface area contributed by atoms with Crippen LogP contribution in [0.15, 0.2) is 36.4 Å². The summed E-state index contributed by atoms with van der Waals surface area (Å²) >= 11 is 0. The first-order valence-corrected chi connectivity index (χ1v) is 5.87. The number of Topliss-reactive ketones (excluding diaryl/α,β-unsaturated/α-hetero) is 1. The van der Waals surface area contributed by atoms with Crippen LogP contribution in [-0.4, -0.2) is 5.78 Å². The van der Waals surface area contributed by atoms with Crippen LogP contribution in [0.3, 0.4) is 0 Å². The molecular formula is C16H15FO. The van der Waals surface area contributed by atoms with Gasteiger partial charge in [-0.1, -0.05) is 24.3 Å². The first-order chi connectivity index (χ1) is 8.49. The Bertz CT molecular complexity index is 614. The van der Waals surface area contributed by atoms with E-state index in [9.17, 15) is 9.18 Å². The van der Waals surface area contributed by atoms with Crippen LogP contribution < -0.4 is 0 Å². The molecule has 0 aliphatic rings. The maximum atomic E-state index is 13.9. The summed E-state index contributed by atoms with van der Waals surface area (Å²) in [6.07, 6.45) is 0. The zero-order chi connectivity index (χ0) is 13.3. The summed E-state index contributed by atoms with van der Waals surface area (Å²) in [6.45, 7) is 5.26. The topological polar surface area (TPSA) is 17.1 Å². The summed E-state index contributed by atoms with van der Waals surface area (Å²) in [5.41, 5.74) is 3.72. The fourth-order valence-corrected chi connectivity index (χ4v) is 2.02. The van der Waals surface area contributed by atoms with Crippen LogP contribution >= 0.6 is 0 Å². The van der Waals surface area contributed by atoms with Crippen LogP contribution in [0.25, 0.3) is 11.1 Å². The van der Waals surface area contributed by atoms with Gasteiger partial charge in [0, 0.05) is 11.1 Å². The Hall–Kier alpha value is -1.96. The van der Waals surface area contributed by atoms with E-state index in [-0.39, 0.29) is 11.6 Å². The molecule has 0 N–H and O–H groups in total. The third-order valence-corrected chi connectivity index (χ3v) is 3.05. The third-order valence-electron chi connectivity index (χ3n) is 3.05. The standard InChI is InChI=1S/C16H15FO/c1-10-4-7-14(16(17)8-10)13-6-5-11(2)15(9-13)12(3)18/h4-9H,1-3H3. The van der Waals surface area contributed by atoms with Crippen molar-refractivity contribution in [2.75, 3.05) is 0 Å². The molecule has 0 amide bonds.